The van der Waals surface area contributed by atoms with Gasteiger partial charge < -0.3 is 9.80 Å². The number of benzene rings is 2. The number of nitrogens with zero attached hydrogens (tertiary/aromatic N) is 3. The second-order valence-corrected chi connectivity index (χ2v) is 12.6. The first-order valence-electron chi connectivity index (χ1n) is 12.4. The monoisotopic (exact) mass is 495 g/mol. The second kappa shape index (κ2) is 8.75. The van der Waals surface area contributed by atoms with Gasteiger partial charge in [-0.25, -0.2) is 8.42 Å². The summed E-state index contributed by atoms with van der Waals surface area (Å²) >= 11 is 0. The average Bonchev–Trinajstić information content (AvgIpc) is 3.04. The van der Waals surface area contributed by atoms with E-state index in [-0.39, 0.29) is 23.3 Å². The van der Waals surface area contributed by atoms with Gasteiger partial charge in [-0.05, 0) is 73.9 Å². The second-order valence-electron chi connectivity index (χ2n) is 10.6. The molecule has 1 fully saturated rings. The molecule has 7 nitrogen and oxygen atoms in total. The first-order valence-corrected chi connectivity index (χ1v) is 13.8. The smallest absolute Gasteiger partial charge is 0.243 e. The number of carbonyl (C=O) groups is 2. The van der Waals surface area contributed by atoms with Crippen LogP contribution in [0.3, 0.4) is 0 Å². The summed E-state index contributed by atoms with van der Waals surface area (Å²) in [6.45, 7) is 7.90. The standard InChI is InChI=1S/C27H33N3O4S/c1-19-10-14-29(15-11-19)35(33,34)22-8-9-24-23(16-22)27(2,3)26(32)30(24)18-25(31)28-13-12-20-6-4-5-7-21(20)17-28/h4-9,16,19H,10-15,17-18H2,1-3H3. The van der Waals surface area contributed by atoms with Crippen molar-refractivity contribution < 1.29 is 18.0 Å². The Morgan fingerprint density at radius 3 is 2.43 bits per heavy atom. The number of carbonyl (C=O) groups excluding carboxylic acids is 2. The van der Waals surface area contributed by atoms with Crippen LogP contribution < -0.4 is 4.90 Å². The van der Waals surface area contributed by atoms with Crippen LogP contribution in [0.25, 0.3) is 0 Å². The van der Waals surface area contributed by atoms with E-state index in [1.165, 1.54) is 10.5 Å². The van der Waals surface area contributed by atoms with Gasteiger partial charge in [0.2, 0.25) is 21.8 Å². The zero-order chi connectivity index (χ0) is 25.0. The number of hydrogen-bond donors (Lipinski definition) is 0. The van der Waals surface area contributed by atoms with Crippen LogP contribution in [0.1, 0.15) is 50.3 Å². The highest BCUT2D eigenvalue weighted by Gasteiger charge is 2.45. The van der Waals surface area contributed by atoms with Crippen molar-refractivity contribution in [3.8, 4) is 0 Å². The molecule has 2 aromatic rings. The summed E-state index contributed by atoms with van der Waals surface area (Å²) in [5.41, 5.74) is 2.77. The molecule has 0 unspecified atom stereocenters. The van der Waals surface area contributed by atoms with E-state index >= 15 is 0 Å². The lowest BCUT2D eigenvalue weighted by atomic mass is 9.86. The summed E-state index contributed by atoms with van der Waals surface area (Å²) in [6.07, 6.45) is 2.50. The fourth-order valence-electron chi connectivity index (χ4n) is 5.45. The Kier molecular flexibility index (Phi) is 6.00. The fraction of sp³-hybridized carbons (Fsp3) is 0.481. The summed E-state index contributed by atoms with van der Waals surface area (Å²) in [5.74, 6) is 0.243. The normalized spacial score (nSPS) is 20.6. The molecule has 0 aliphatic carbocycles. The van der Waals surface area contributed by atoms with E-state index in [1.807, 2.05) is 18.2 Å². The van der Waals surface area contributed by atoms with E-state index < -0.39 is 15.4 Å². The fourth-order valence-corrected chi connectivity index (χ4v) is 6.95. The summed E-state index contributed by atoms with van der Waals surface area (Å²) in [5, 5.41) is 0. The van der Waals surface area contributed by atoms with Crippen molar-refractivity contribution in [3.63, 3.8) is 0 Å². The van der Waals surface area contributed by atoms with Gasteiger partial charge in [0, 0.05) is 31.9 Å². The van der Waals surface area contributed by atoms with Crippen molar-refractivity contribution in [2.24, 2.45) is 5.92 Å². The van der Waals surface area contributed by atoms with E-state index in [9.17, 15) is 18.0 Å². The molecule has 0 atom stereocenters. The molecule has 3 aliphatic rings. The molecule has 186 valence electrons. The zero-order valence-corrected chi connectivity index (χ0v) is 21.5. The Bertz CT molecular complexity index is 1280. The molecule has 35 heavy (non-hydrogen) atoms. The number of rotatable bonds is 4. The van der Waals surface area contributed by atoms with Gasteiger partial charge in [0.25, 0.3) is 0 Å². The van der Waals surface area contributed by atoms with Crippen LogP contribution in [0.15, 0.2) is 47.4 Å². The van der Waals surface area contributed by atoms with Gasteiger partial charge in [-0.1, -0.05) is 31.2 Å². The Hall–Kier alpha value is -2.71. The molecule has 0 spiro atoms. The number of sulfonamides is 1. The van der Waals surface area contributed by atoms with Gasteiger partial charge in [0.1, 0.15) is 6.54 Å². The van der Waals surface area contributed by atoms with Gasteiger partial charge in [-0.3, -0.25) is 9.59 Å². The third kappa shape index (κ3) is 4.16. The maximum Gasteiger partial charge on any atom is 0.243 e. The van der Waals surface area contributed by atoms with Crippen molar-refractivity contribution in [2.75, 3.05) is 31.1 Å². The predicted octanol–water partition coefficient (Wildman–Crippen LogP) is 3.32. The Morgan fingerprint density at radius 2 is 1.71 bits per heavy atom. The first kappa shape index (κ1) is 24.0. The number of hydrogen-bond acceptors (Lipinski definition) is 4. The average molecular weight is 496 g/mol. The molecule has 0 radical (unpaired) electrons. The van der Waals surface area contributed by atoms with Crippen LogP contribution in [-0.2, 0) is 38.0 Å². The molecule has 0 saturated carbocycles. The van der Waals surface area contributed by atoms with Crippen LogP contribution in [0, 0.1) is 5.92 Å². The third-order valence-corrected chi connectivity index (χ3v) is 9.76. The molecule has 2 amide bonds. The van der Waals surface area contributed by atoms with E-state index in [0.29, 0.717) is 43.3 Å². The SMILES string of the molecule is CC1CCN(S(=O)(=O)c2ccc3c(c2)C(C)(C)C(=O)N3CC(=O)N2CCc3ccccc3C2)CC1. The highest BCUT2D eigenvalue weighted by Crippen LogP contribution is 2.43. The van der Waals surface area contributed by atoms with Gasteiger partial charge >= 0.3 is 0 Å². The lowest BCUT2D eigenvalue weighted by Crippen LogP contribution is -2.45. The Balaban J connectivity index is 1.39. The first-order chi connectivity index (χ1) is 16.6. The number of anilines is 1. The number of amides is 2. The predicted molar refractivity (Wildman–Crippen MR) is 135 cm³/mol. The Labute approximate surface area is 207 Å². The van der Waals surface area contributed by atoms with Crippen molar-refractivity contribution in [2.45, 2.75) is 56.9 Å². The van der Waals surface area contributed by atoms with Crippen molar-refractivity contribution in [1.82, 2.24) is 9.21 Å². The van der Waals surface area contributed by atoms with Crippen LogP contribution >= 0.6 is 0 Å². The number of fused-ring (bicyclic) bond motifs is 2. The third-order valence-electron chi connectivity index (χ3n) is 7.87. The summed E-state index contributed by atoms with van der Waals surface area (Å²) < 4.78 is 28.2. The van der Waals surface area contributed by atoms with E-state index in [2.05, 4.69) is 13.0 Å². The van der Waals surface area contributed by atoms with Gasteiger partial charge in [0.15, 0.2) is 0 Å². The summed E-state index contributed by atoms with van der Waals surface area (Å²) in [4.78, 5) is 30.2. The topological polar surface area (TPSA) is 78.0 Å². The van der Waals surface area contributed by atoms with Crippen molar-refractivity contribution in [3.05, 3.63) is 59.2 Å². The summed E-state index contributed by atoms with van der Waals surface area (Å²) in [6, 6.07) is 13.0. The number of piperidine rings is 1. The maximum atomic E-state index is 13.4. The highest BCUT2D eigenvalue weighted by atomic mass is 32.2. The minimum atomic E-state index is -3.63. The Morgan fingerprint density at radius 1 is 1.03 bits per heavy atom. The lowest BCUT2D eigenvalue weighted by molar-refractivity contribution is -0.132. The van der Waals surface area contributed by atoms with Gasteiger partial charge in [-0.2, -0.15) is 4.31 Å². The molecule has 2 aromatic carbocycles. The van der Waals surface area contributed by atoms with Crippen molar-refractivity contribution >= 4 is 27.5 Å². The quantitative estimate of drug-likeness (QED) is 0.652. The van der Waals surface area contributed by atoms with Crippen LogP contribution in [0.5, 0.6) is 0 Å². The van der Waals surface area contributed by atoms with E-state index in [0.717, 1.165) is 24.8 Å². The van der Waals surface area contributed by atoms with Gasteiger partial charge in [-0.15, -0.1) is 0 Å². The van der Waals surface area contributed by atoms with E-state index in [1.54, 1.807) is 41.3 Å². The molecule has 5 rings (SSSR count). The minimum Gasteiger partial charge on any atom is -0.336 e. The maximum absolute atomic E-state index is 13.4. The molecular weight excluding hydrogens is 462 g/mol. The molecule has 8 heteroatoms. The van der Waals surface area contributed by atoms with Crippen LogP contribution in [0.2, 0.25) is 0 Å². The molecule has 0 bridgehead atoms. The van der Waals surface area contributed by atoms with Crippen molar-refractivity contribution in [1.29, 1.82) is 0 Å². The van der Waals surface area contributed by atoms with Crippen LogP contribution in [-0.4, -0.2) is 55.6 Å². The highest BCUT2D eigenvalue weighted by molar-refractivity contribution is 7.89. The molecule has 3 heterocycles. The molecular formula is C27H33N3O4S. The summed E-state index contributed by atoms with van der Waals surface area (Å²) in [7, 11) is -3.63. The van der Waals surface area contributed by atoms with Gasteiger partial charge in [0.05, 0.1) is 10.3 Å². The lowest BCUT2D eigenvalue weighted by Gasteiger charge is -2.31. The van der Waals surface area contributed by atoms with E-state index in [4.69, 9.17) is 0 Å². The van der Waals surface area contributed by atoms with Crippen LogP contribution in [0.4, 0.5) is 5.69 Å². The largest absolute Gasteiger partial charge is 0.336 e. The molecule has 3 aliphatic heterocycles. The zero-order valence-electron chi connectivity index (χ0n) is 20.7. The molecule has 0 aromatic heterocycles. The minimum absolute atomic E-state index is 0.0481. The molecule has 0 N–H and O–H groups in total. The molecule has 1 saturated heterocycles.